The lowest BCUT2D eigenvalue weighted by atomic mass is 10.2. The molecule has 0 aliphatic carbocycles. The van der Waals surface area contributed by atoms with E-state index in [2.05, 4.69) is 15.4 Å². The van der Waals surface area contributed by atoms with Gasteiger partial charge in [0.15, 0.2) is 6.61 Å². The van der Waals surface area contributed by atoms with Crippen molar-refractivity contribution < 1.29 is 14.5 Å². The molecule has 0 aliphatic heterocycles. The van der Waals surface area contributed by atoms with Crippen LogP contribution in [-0.4, -0.2) is 33.3 Å². The molecule has 35 heavy (non-hydrogen) atoms. The van der Waals surface area contributed by atoms with Gasteiger partial charge in [0.1, 0.15) is 0 Å². The van der Waals surface area contributed by atoms with Gasteiger partial charge in [-0.1, -0.05) is 41.9 Å². The Labute approximate surface area is 201 Å². The first-order chi connectivity index (χ1) is 16.8. The summed E-state index contributed by atoms with van der Waals surface area (Å²) in [5, 5.41) is 18.3. The van der Waals surface area contributed by atoms with Crippen LogP contribution in [0.5, 0.6) is 5.75 Å². The molecule has 1 heterocycles. The Bertz CT molecular complexity index is 1580. The van der Waals surface area contributed by atoms with Crippen molar-refractivity contribution in [3.63, 3.8) is 0 Å². The van der Waals surface area contributed by atoms with Crippen molar-refractivity contribution >= 4 is 46.0 Å². The summed E-state index contributed by atoms with van der Waals surface area (Å²) in [7, 11) is 0. The highest BCUT2D eigenvalue weighted by molar-refractivity contribution is 6.31. The molecule has 1 aromatic heterocycles. The van der Waals surface area contributed by atoms with Crippen LogP contribution in [0.1, 0.15) is 5.56 Å². The van der Waals surface area contributed by atoms with E-state index in [9.17, 15) is 24.5 Å². The highest BCUT2D eigenvalue weighted by Crippen LogP contribution is 2.33. The molecule has 12 heteroatoms. The molecule has 0 atom stereocenters. The second-order valence-corrected chi connectivity index (χ2v) is 7.58. The number of nitrogens with one attached hydrogen (secondary N) is 2. The van der Waals surface area contributed by atoms with Crippen molar-refractivity contribution in [3.05, 3.63) is 108 Å². The third-order valence-corrected chi connectivity index (χ3v) is 4.98. The lowest BCUT2D eigenvalue weighted by Gasteiger charge is -2.11. The number of amides is 1. The lowest BCUT2D eigenvalue weighted by molar-refractivity contribution is -0.385. The maximum absolute atomic E-state index is 12.7. The first kappa shape index (κ1) is 23.4. The number of hydrogen-bond donors (Lipinski definition) is 2. The number of nitro groups is 1. The van der Waals surface area contributed by atoms with Gasteiger partial charge < -0.3 is 15.0 Å². The Morgan fingerprint density at radius 1 is 1.14 bits per heavy atom. The molecule has 4 rings (SSSR count). The van der Waals surface area contributed by atoms with E-state index in [0.29, 0.717) is 15.9 Å². The van der Waals surface area contributed by atoms with Gasteiger partial charge in [0.05, 0.1) is 22.0 Å². The van der Waals surface area contributed by atoms with E-state index < -0.39 is 34.4 Å². The molecule has 11 nitrogen and oxygen atoms in total. The Morgan fingerprint density at radius 3 is 2.60 bits per heavy atom. The quantitative estimate of drug-likeness (QED) is 0.229. The van der Waals surface area contributed by atoms with Crippen molar-refractivity contribution in [1.29, 1.82) is 0 Å². The molecule has 0 saturated carbocycles. The molecule has 3 aromatic carbocycles. The molecular weight excluding hydrogens is 478 g/mol. The van der Waals surface area contributed by atoms with Crippen LogP contribution in [0, 0.1) is 10.1 Å². The molecule has 4 aromatic rings. The number of para-hydroxylation sites is 2. The Morgan fingerprint density at radius 2 is 1.86 bits per heavy atom. The molecule has 0 radical (unpaired) electrons. The average molecular weight is 494 g/mol. The number of fused-ring (bicyclic) bond motifs is 1. The normalized spacial score (nSPS) is 11.0. The van der Waals surface area contributed by atoms with E-state index in [4.69, 9.17) is 16.3 Å². The first-order valence-electron chi connectivity index (χ1n) is 10.1. The number of ether oxygens (including phenoxy) is 1. The largest absolute Gasteiger partial charge is 0.476 e. The topological polar surface area (TPSA) is 149 Å². The van der Waals surface area contributed by atoms with Gasteiger partial charge in [-0.05, 0) is 30.3 Å². The summed E-state index contributed by atoms with van der Waals surface area (Å²) in [6.07, 6.45) is 1.02. The number of rotatable bonds is 7. The molecule has 0 saturated heterocycles. The van der Waals surface area contributed by atoms with E-state index >= 15 is 0 Å². The third kappa shape index (κ3) is 5.25. The van der Waals surface area contributed by atoms with Gasteiger partial charge in [0.2, 0.25) is 5.75 Å². The Hall–Kier alpha value is -4.77. The fraction of sp³-hybridized carbons (Fsp3) is 0.0435. The number of aromatic nitrogens is 2. The standard InChI is InChI=1S/C23H16ClN5O6/c24-15-10-14(12-25-28-22(31)17-8-4-5-9-18(17)27-23(28)32)21(19(11-15)29(33)34)35-13-20(30)26-16-6-2-1-3-7-16/h1-12H,13H2,(H,26,30)(H,27,32). The summed E-state index contributed by atoms with van der Waals surface area (Å²) in [4.78, 5) is 50.7. The molecule has 176 valence electrons. The molecular formula is C23H16ClN5O6. The van der Waals surface area contributed by atoms with Gasteiger partial charge in [-0.3, -0.25) is 19.7 Å². The number of anilines is 1. The highest BCUT2D eigenvalue weighted by atomic mass is 35.5. The predicted octanol–water partition coefficient (Wildman–Crippen LogP) is 3.15. The Balaban J connectivity index is 1.69. The van der Waals surface area contributed by atoms with Crippen molar-refractivity contribution in [2.24, 2.45) is 5.10 Å². The van der Waals surface area contributed by atoms with Gasteiger partial charge in [-0.15, -0.1) is 4.68 Å². The van der Waals surface area contributed by atoms with Crippen molar-refractivity contribution in [2.45, 2.75) is 0 Å². The third-order valence-electron chi connectivity index (χ3n) is 4.76. The maximum atomic E-state index is 12.7. The van der Waals surface area contributed by atoms with Crippen molar-refractivity contribution in [2.75, 3.05) is 11.9 Å². The number of carbonyl (C=O) groups is 1. The monoisotopic (exact) mass is 493 g/mol. The van der Waals surface area contributed by atoms with Crippen LogP contribution in [-0.2, 0) is 4.79 Å². The van der Waals surface area contributed by atoms with Crippen LogP contribution in [0.25, 0.3) is 10.9 Å². The highest BCUT2D eigenvalue weighted by Gasteiger charge is 2.22. The summed E-state index contributed by atoms with van der Waals surface area (Å²) in [6.45, 7) is -0.561. The van der Waals surface area contributed by atoms with E-state index in [0.717, 1.165) is 12.3 Å². The zero-order valence-corrected chi connectivity index (χ0v) is 18.6. The zero-order valence-electron chi connectivity index (χ0n) is 17.8. The fourth-order valence-electron chi connectivity index (χ4n) is 3.22. The van der Waals surface area contributed by atoms with Gasteiger partial charge in [0, 0.05) is 22.3 Å². The van der Waals surface area contributed by atoms with E-state index in [1.54, 1.807) is 48.5 Å². The number of H-pyrrole nitrogens is 1. The number of nitro benzene ring substituents is 1. The maximum Gasteiger partial charge on any atom is 0.349 e. The van der Waals surface area contributed by atoms with Crippen LogP contribution in [0.2, 0.25) is 5.02 Å². The molecule has 2 N–H and O–H groups in total. The van der Waals surface area contributed by atoms with Crippen molar-refractivity contribution in [3.8, 4) is 5.75 Å². The molecule has 0 fully saturated rings. The second kappa shape index (κ2) is 10.0. The minimum Gasteiger partial charge on any atom is -0.476 e. The van der Waals surface area contributed by atoms with Crippen LogP contribution >= 0.6 is 11.6 Å². The predicted molar refractivity (Wildman–Crippen MR) is 130 cm³/mol. The minimum atomic E-state index is -0.814. The molecule has 0 aliphatic rings. The van der Waals surface area contributed by atoms with Gasteiger partial charge in [-0.2, -0.15) is 5.10 Å². The van der Waals surface area contributed by atoms with Gasteiger partial charge >= 0.3 is 11.4 Å². The Kier molecular flexibility index (Phi) is 6.69. The number of nitrogens with zero attached hydrogens (tertiary/aromatic N) is 3. The summed E-state index contributed by atoms with van der Waals surface area (Å²) in [5.74, 6) is -0.873. The molecule has 0 unspecified atom stereocenters. The number of aromatic amines is 1. The fourth-order valence-corrected chi connectivity index (χ4v) is 3.44. The van der Waals surface area contributed by atoms with Crippen LogP contribution in [0.4, 0.5) is 11.4 Å². The van der Waals surface area contributed by atoms with E-state index in [1.165, 1.54) is 12.1 Å². The number of benzene rings is 3. The first-order valence-corrected chi connectivity index (χ1v) is 10.5. The van der Waals surface area contributed by atoms with E-state index in [1.807, 2.05) is 0 Å². The molecule has 0 spiro atoms. The minimum absolute atomic E-state index is 0.0148. The SMILES string of the molecule is O=C(COc1c(C=Nn2c(=O)[nH]c3ccccc3c2=O)cc(Cl)cc1[N+](=O)[O-])Nc1ccccc1. The number of carbonyl (C=O) groups excluding carboxylic acids is 1. The van der Waals surface area contributed by atoms with Crippen molar-refractivity contribution in [1.82, 2.24) is 9.66 Å². The van der Waals surface area contributed by atoms with Gasteiger partial charge in [-0.25, -0.2) is 4.79 Å². The van der Waals surface area contributed by atoms with Gasteiger partial charge in [0.25, 0.3) is 11.5 Å². The molecule has 1 amide bonds. The smallest absolute Gasteiger partial charge is 0.349 e. The van der Waals surface area contributed by atoms with Crippen LogP contribution in [0.15, 0.2) is 81.4 Å². The number of halogens is 1. The summed E-state index contributed by atoms with van der Waals surface area (Å²) in [5.41, 5.74) is -1.19. The van der Waals surface area contributed by atoms with Crippen LogP contribution < -0.4 is 21.3 Å². The number of hydrogen-bond acceptors (Lipinski definition) is 7. The van der Waals surface area contributed by atoms with E-state index in [-0.39, 0.29) is 21.7 Å². The molecule has 0 bridgehead atoms. The summed E-state index contributed by atoms with van der Waals surface area (Å²) < 4.78 is 6.03. The second-order valence-electron chi connectivity index (χ2n) is 7.14. The lowest BCUT2D eigenvalue weighted by Crippen LogP contribution is -2.32. The van der Waals surface area contributed by atoms with Crippen LogP contribution in [0.3, 0.4) is 0 Å². The summed E-state index contributed by atoms with van der Waals surface area (Å²) in [6, 6.07) is 17.3. The zero-order chi connectivity index (χ0) is 24.9. The average Bonchev–Trinajstić information content (AvgIpc) is 2.83. The summed E-state index contributed by atoms with van der Waals surface area (Å²) >= 11 is 6.02.